The van der Waals surface area contributed by atoms with Crippen molar-refractivity contribution in [3.8, 4) is 0 Å². The zero-order valence-electron chi connectivity index (χ0n) is 18.1. The maximum atomic E-state index is 13.1. The summed E-state index contributed by atoms with van der Waals surface area (Å²) in [6, 6.07) is 16.8. The zero-order chi connectivity index (χ0) is 22.0. The van der Waals surface area contributed by atoms with Crippen molar-refractivity contribution in [2.75, 3.05) is 6.54 Å². The summed E-state index contributed by atoms with van der Waals surface area (Å²) in [5, 5.41) is 5.90. The Morgan fingerprint density at radius 3 is 2.32 bits per heavy atom. The third-order valence-corrected chi connectivity index (χ3v) is 6.52. The molecule has 6 nitrogen and oxygen atoms in total. The Labute approximate surface area is 183 Å². The van der Waals surface area contributed by atoms with Gasteiger partial charge in [0.15, 0.2) is 0 Å². The number of hydrogen-bond acceptors (Lipinski definition) is 3. The van der Waals surface area contributed by atoms with Gasteiger partial charge in [0, 0.05) is 0 Å². The molecule has 31 heavy (non-hydrogen) atoms. The van der Waals surface area contributed by atoms with E-state index in [4.69, 9.17) is 0 Å². The minimum atomic E-state index is -0.834. The average molecular weight is 420 g/mol. The van der Waals surface area contributed by atoms with E-state index in [0.29, 0.717) is 18.8 Å². The van der Waals surface area contributed by atoms with Gasteiger partial charge in [-0.3, -0.25) is 14.5 Å². The minimum Gasteiger partial charge on any atom is -0.344 e. The van der Waals surface area contributed by atoms with Gasteiger partial charge >= 0.3 is 6.03 Å². The summed E-state index contributed by atoms with van der Waals surface area (Å²) in [7, 11) is 0. The largest absolute Gasteiger partial charge is 0.344 e. The molecule has 2 aromatic carbocycles. The highest BCUT2D eigenvalue weighted by Crippen LogP contribution is 2.36. The Morgan fingerprint density at radius 1 is 1.06 bits per heavy atom. The van der Waals surface area contributed by atoms with Crippen molar-refractivity contribution in [2.45, 2.75) is 51.1 Å². The number of carbonyl (C=O) groups excluding carboxylic acids is 3. The Bertz CT molecular complexity index is 963. The van der Waals surface area contributed by atoms with E-state index >= 15 is 0 Å². The number of aryl methyl sites for hydroxylation is 1. The Kier molecular flexibility index (Phi) is 5.81. The number of benzene rings is 2. The van der Waals surface area contributed by atoms with Gasteiger partial charge in [0.2, 0.25) is 5.91 Å². The Balaban J connectivity index is 1.50. The second kappa shape index (κ2) is 8.53. The first-order chi connectivity index (χ1) is 14.9. The molecule has 1 aliphatic carbocycles. The minimum absolute atomic E-state index is 0.272. The molecule has 0 aromatic heterocycles. The molecule has 2 aliphatic rings. The van der Waals surface area contributed by atoms with Crippen molar-refractivity contribution in [1.29, 1.82) is 0 Å². The van der Waals surface area contributed by atoms with E-state index in [0.717, 1.165) is 34.4 Å². The molecule has 1 unspecified atom stereocenters. The van der Waals surface area contributed by atoms with Gasteiger partial charge in [0.05, 0.1) is 6.04 Å². The normalized spacial score (nSPS) is 24.2. The van der Waals surface area contributed by atoms with Crippen molar-refractivity contribution >= 4 is 17.8 Å². The fourth-order valence-electron chi connectivity index (χ4n) is 4.53. The number of imide groups is 1. The fourth-order valence-corrected chi connectivity index (χ4v) is 4.53. The smallest absolute Gasteiger partial charge is 0.325 e. The van der Waals surface area contributed by atoms with Gasteiger partial charge in [-0.15, -0.1) is 0 Å². The van der Waals surface area contributed by atoms with Crippen molar-refractivity contribution in [2.24, 2.45) is 5.92 Å². The summed E-state index contributed by atoms with van der Waals surface area (Å²) in [5.41, 5.74) is 2.18. The van der Waals surface area contributed by atoms with E-state index in [-0.39, 0.29) is 24.4 Å². The lowest BCUT2D eigenvalue weighted by atomic mass is 9.77. The maximum Gasteiger partial charge on any atom is 0.325 e. The SMILES string of the molecule is Cc1ccc(C(NC(=O)CN2C(=O)NC3(CCC(C)CC3)C2=O)c2ccccc2)cc1. The van der Waals surface area contributed by atoms with Crippen LogP contribution in [0.3, 0.4) is 0 Å². The fraction of sp³-hybridized carbons (Fsp3) is 0.400. The lowest BCUT2D eigenvalue weighted by Gasteiger charge is -2.33. The molecule has 4 rings (SSSR count). The first-order valence-corrected chi connectivity index (χ1v) is 10.9. The number of nitrogens with zero attached hydrogens (tertiary/aromatic N) is 1. The van der Waals surface area contributed by atoms with E-state index < -0.39 is 11.6 Å². The molecule has 2 aromatic rings. The van der Waals surface area contributed by atoms with E-state index in [9.17, 15) is 14.4 Å². The highest BCUT2D eigenvalue weighted by Gasteiger charge is 2.52. The molecule has 162 valence electrons. The third-order valence-electron chi connectivity index (χ3n) is 6.52. The van der Waals surface area contributed by atoms with Crippen LogP contribution in [-0.4, -0.2) is 34.8 Å². The van der Waals surface area contributed by atoms with Crippen LogP contribution in [-0.2, 0) is 9.59 Å². The highest BCUT2D eigenvalue weighted by atomic mass is 16.2. The summed E-state index contributed by atoms with van der Waals surface area (Å²) >= 11 is 0. The van der Waals surface area contributed by atoms with Crippen LogP contribution < -0.4 is 10.6 Å². The summed E-state index contributed by atoms with van der Waals surface area (Å²) in [5.74, 6) is -0.0842. The quantitative estimate of drug-likeness (QED) is 0.726. The molecular weight excluding hydrogens is 390 g/mol. The van der Waals surface area contributed by atoms with Gasteiger partial charge in [-0.05, 0) is 49.7 Å². The Morgan fingerprint density at radius 2 is 1.68 bits per heavy atom. The number of urea groups is 1. The molecule has 6 heteroatoms. The second-order valence-corrected chi connectivity index (χ2v) is 8.91. The zero-order valence-corrected chi connectivity index (χ0v) is 18.1. The summed E-state index contributed by atoms with van der Waals surface area (Å²) in [4.78, 5) is 39.6. The van der Waals surface area contributed by atoms with E-state index in [1.807, 2.05) is 61.5 Å². The number of nitrogens with one attached hydrogen (secondary N) is 2. The van der Waals surface area contributed by atoms with Crippen LogP contribution in [0, 0.1) is 12.8 Å². The number of hydrogen-bond donors (Lipinski definition) is 2. The van der Waals surface area contributed by atoms with Crippen LogP contribution in [0.15, 0.2) is 54.6 Å². The second-order valence-electron chi connectivity index (χ2n) is 8.91. The van der Waals surface area contributed by atoms with Crippen LogP contribution >= 0.6 is 0 Å². The molecule has 1 saturated carbocycles. The Hall–Kier alpha value is -3.15. The van der Waals surface area contributed by atoms with E-state index in [1.54, 1.807) is 0 Å². The van der Waals surface area contributed by atoms with Gasteiger partial charge in [0.25, 0.3) is 5.91 Å². The summed E-state index contributed by atoms with van der Waals surface area (Å²) in [6.07, 6.45) is 3.06. The lowest BCUT2D eigenvalue weighted by molar-refractivity contribution is -0.136. The van der Waals surface area contributed by atoms with Gasteiger partial charge in [-0.25, -0.2) is 4.79 Å². The molecule has 0 radical (unpaired) electrons. The molecule has 1 aliphatic heterocycles. The van der Waals surface area contributed by atoms with E-state index in [1.165, 1.54) is 0 Å². The van der Waals surface area contributed by atoms with Crippen LogP contribution in [0.5, 0.6) is 0 Å². The van der Waals surface area contributed by atoms with Crippen molar-refractivity contribution in [3.63, 3.8) is 0 Å². The molecule has 1 saturated heterocycles. The molecule has 1 atom stereocenters. The third kappa shape index (κ3) is 4.33. The first-order valence-electron chi connectivity index (χ1n) is 10.9. The molecule has 2 fully saturated rings. The maximum absolute atomic E-state index is 13.1. The van der Waals surface area contributed by atoms with Gasteiger partial charge < -0.3 is 10.6 Å². The van der Waals surface area contributed by atoms with E-state index in [2.05, 4.69) is 17.6 Å². The molecule has 1 heterocycles. The number of rotatable bonds is 5. The van der Waals surface area contributed by atoms with Gasteiger partial charge in [-0.1, -0.05) is 67.1 Å². The standard InChI is InChI=1S/C25H29N3O3/c1-17-8-10-20(11-9-17)22(19-6-4-3-5-7-19)26-21(29)16-28-23(30)25(27-24(28)31)14-12-18(2)13-15-25/h3-11,18,22H,12-16H2,1-2H3,(H,26,29)(H,27,31). The van der Waals surface area contributed by atoms with Crippen LogP contribution in [0.4, 0.5) is 4.79 Å². The van der Waals surface area contributed by atoms with Gasteiger partial charge in [0.1, 0.15) is 12.1 Å². The van der Waals surface area contributed by atoms with Crippen molar-refractivity contribution in [1.82, 2.24) is 15.5 Å². The molecule has 1 spiro atoms. The molecule has 4 amide bonds. The topological polar surface area (TPSA) is 78.5 Å². The lowest BCUT2D eigenvalue weighted by Crippen LogP contribution is -2.50. The first kappa shape index (κ1) is 21.1. The van der Waals surface area contributed by atoms with Gasteiger partial charge in [-0.2, -0.15) is 0 Å². The number of carbonyl (C=O) groups is 3. The highest BCUT2D eigenvalue weighted by molar-refractivity contribution is 6.09. The van der Waals surface area contributed by atoms with Crippen LogP contribution in [0.25, 0.3) is 0 Å². The summed E-state index contributed by atoms with van der Waals surface area (Å²) < 4.78 is 0. The van der Waals surface area contributed by atoms with Crippen LogP contribution in [0.1, 0.15) is 55.3 Å². The average Bonchev–Trinajstić information content (AvgIpc) is 3.00. The van der Waals surface area contributed by atoms with Crippen LogP contribution in [0.2, 0.25) is 0 Å². The molecular formula is C25H29N3O3. The van der Waals surface area contributed by atoms with Crippen molar-refractivity contribution < 1.29 is 14.4 Å². The monoisotopic (exact) mass is 419 g/mol. The predicted molar refractivity (Wildman–Crippen MR) is 118 cm³/mol. The summed E-state index contributed by atoms with van der Waals surface area (Å²) in [6.45, 7) is 3.89. The van der Waals surface area contributed by atoms with Crippen molar-refractivity contribution in [3.05, 3.63) is 71.3 Å². The molecule has 2 N–H and O–H groups in total. The predicted octanol–water partition coefficient (Wildman–Crippen LogP) is 3.70. The number of amides is 4. The molecule has 0 bridgehead atoms.